The summed E-state index contributed by atoms with van der Waals surface area (Å²) in [4.78, 5) is 28.9. The predicted octanol–water partition coefficient (Wildman–Crippen LogP) is 6.64. The van der Waals surface area contributed by atoms with Crippen LogP contribution in [0, 0.1) is 0 Å². The highest BCUT2D eigenvalue weighted by Crippen LogP contribution is 2.36. The molecule has 8 heteroatoms. The van der Waals surface area contributed by atoms with E-state index < -0.39 is 17.2 Å². The van der Waals surface area contributed by atoms with Gasteiger partial charge in [0.25, 0.3) is 0 Å². The lowest BCUT2D eigenvalue weighted by Crippen LogP contribution is -2.09. The molecular formula is C24H31NO4S3. The Morgan fingerprint density at radius 2 is 1.47 bits per heavy atom. The Labute approximate surface area is 203 Å². The highest BCUT2D eigenvalue weighted by atomic mass is 32.2. The van der Waals surface area contributed by atoms with E-state index in [4.69, 9.17) is 5.11 Å². The number of carboxylic acid groups (broad SMARTS) is 2. The first-order chi connectivity index (χ1) is 15.6. The smallest absolute Gasteiger partial charge is 0.313 e. The van der Waals surface area contributed by atoms with Gasteiger partial charge in [0, 0.05) is 16.0 Å². The van der Waals surface area contributed by atoms with Crippen molar-refractivity contribution in [2.24, 2.45) is 0 Å². The number of aliphatic carboxylic acids is 2. The molecule has 1 unspecified atom stereocenters. The van der Waals surface area contributed by atoms with Crippen molar-refractivity contribution < 1.29 is 19.8 Å². The molecule has 1 atom stereocenters. The van der Waals surface area contributed by atoms with Gasteiger partial charge in [-0.3, -0.25) is 14.6 Å². The minimum atomic E-state index is -0.950. The summed E-state index contributed by atoms with van der Waals surface area (Å²) in [5.41, 5.74) is 0.682. The van der Waals surface area contributed by atoms with Gasteiger partial charge in [0.05, 0.1) is 23.1 Å². The van der Waals surface area contributed by atoms with Crippen molar-refractivity contribution in [3.8, 4) is 0 Å². The van der Waals surface area contributed by atoms with Crippen LogP contribution in [0.25, 0.3) is 0 Å². The van der Waals surface area contributed by atoms with Gasteiger partial charge >= 0.3 is 11.9 Å². The molecule has 1 heterocycles. The SMILES string of the molecule is O=C(O)CSC(CC(=O)O)c1ncccc1SCCCCCCCCSc1ccccc1. The molecule has 0 bridgehead atoms. The average molecular weight is 494 g/mol. The minimum absolute atomic E-state index is 0.134. The summed E-state index contributed by atoms with van der Waals surface area (Å²) in [6.45, 7) is 0. The summed E-state index contributed by atoms with van der Waals surface area (Å²) >= 11 is 4.73. The van der Waals surface area contributed by atoms with E-state index in [0.717, 1.165) is 28.8 Å². The van der Waals surface area contributed by atoms with Gasteiger partial charge in [-0.05, 0) is 48.6 Å². The molecular weight excluding hydrogens is 462 g/mol. The lowest BCUT2D eigenvalue weighted by molar-refractivity contribution is -0.137. The Morgan fingerprint density at radius 3 is 2.12 bits per heavy atom. The molecule has 32 heavy (non-hydrogen) atoms. The lowest BCUT2D eigenvalue weighted by atomic mass is 10.1. The van der Waals surface area contributed by atoms with E-state index in [9.17, 15) is 14.7 Å². The van der Waals surface area contributed by atoms with Gasteiger partial charge in [0.1, 0.15) is 0 Å². The van der Waals surface area contributed by atoms with E-state index in [1.807, 2.05) is 30.0 Å². The number of pyridine rings is 1. The normalized spacial score (nSPS) is 11.9. The van der Waals surface area contributed by atoms with E-state index in [1.54, 1.807) is 18.0 Å². The van der Waals surface area contributed by atoms with Gasteiger partial charge < -0.3 is 10.2 Å². The van der Waals surface area contributed by atoms with Crippen LogP contribution in [0.4, 0.5) is 0 Å². The molecule has 174 valence electrons. The molecule has 0 radical (unpaired) electrons. The van der Waals surface area contributed by atoms with E-state index in [-0.39, 0.29) is 12.2 Å². The van der Waals surface area contributed by atoms with Crippen LogP contribution in [0.15, 0.2) is 58.5 Å². The zero-order valence-corrected chi connectivity index (χ0v) is 20.6. The van der Waals surface area contributed by atoms with Gasteiger partial charge in [-0.1, -0.05) is 43.9 Å². The van der Waals surface area contributed by atoms with Crippen molar-refractivity contribution in [2.45, 2.75) is 60.0 Å². The van der Waals surface area contributed by atoms with Gasteiger partial charge in [-0.2, -0.15) is 0 Å². The molecule has 0 aliphatic carbocycles. The van der Waals surface area contributed by atoms with Crippen molar-refractivity contribution in [3.05, 3.63) is 54.4 Å². The number of unbranched alkanes of at least 4 members (excludes halogenated alkanes) is 5. The minimum Gasteiger partial charge on any atom is -0.481 e. The monoisotopic (exact) mass is 493 g/mol. The predicted molar refractivity (Wildman–Crippen MR) is 135 cm³/mol. The van der Waals surface area contributed by atoms with Crippen molar-refractivity contribution >= 4 is 47.2 Å². The second kappa shape index (κ2) is 16.0. The first-order valence-corrected chi connectivity index (χ1v) is 13.9. The fourth-order valence-electron chi connectivity index (χ4n) is 3.13. The molecule has 0 saturated carbocycles. The Bertz CT molecular complexity index is 820. The molecule has 5 nitrogen and oxygen atoms in total. The summed E-state index contributed by atoms with van der Waals surface area (Å²) < 4.78 is 0. The topological polar surface area (TPSA) is 87.5 Å². The molecule has 0 saturated heterocycles. The zero-order chi connectivity index (χ0) is 23.0. The number of thioether (sulfide) groups is 3. The summed E-state index contributed by atoms with van der Waals surface area (Å²) in [6.07, 6.45) is 8.78. The van der Waals surface area contributed by atoms with Crippen LogP contribution in [-0.2, 0) is 9.59 Å². The zero-order valence-electron chi connectivity index (χ0n) is 18.2. The van der Waals surface area contributed by atoms with Crippen LogP contribution in [-0.4, -0.2) is 44.4 Å². The molecule has 2 rings (SSSR count). The molecule has 1 aromatic carbocycles. The lowest BCUT2D eigenvalue weighted by Gasteiger charge is -2.16. The Balaban J connectivity index is 1.65. The molecule has 0 amide bonds. The number of hydrogen-bond donors (Lipinski definition) is 2. The highest BCUT2D eigenvalue weighted by molar-refractivity contribution is 8.00. The third-order valence-corrected chi connectivity index (χ3v) is 8.13. The van der Waals surface area contributed by atoms with Gasteiger partial charge in [-0.25, -0.2) is 0 Å². The first-order valence-electron chi connectivity index (χ1n) is 10.9. The number of hydrogen-bond acceptors (Lipinski definition) is 6. The Morgan fingerprint density at radius 1 is 0.812 bits per heavy atom. The number of aromatic nitrogens is 1. The van der Waals surface area contributed by atoms with Crippen molar-refractivity contribution in [1.29, 1.82) is 0 Å². The quantitative estimate of drug-likeness (QED) is 0.187. The van der Waals surface area contributed by atoms with Crippen molar-refractivity contribution in [3.63, 3.8) is 0 Å². The molecule has 2 aromatic rings. The van der Waals surface area contributed by atoms with Crippen LogP contribution in [0.3, 0.4) is 0 Å². The molecule has 0 fully saturated rings. The van der Waals surface area contributed by atoms with E-state index >= 15 is 0 Å². The number of benzene rings is 1. The molecule has 1 aromatic heterocycles. The summed E-state index contributed by atoms with van der Waals surface area (Å²) in [7, 11) is 0. The Hall–Kier alpha value is -1.64. The van der Waals surface area contributed by atoms with Crippen molar-refractivity contribution in [2.75, 3.05) is 17.3 Å². The summed E-state index contributed by atoms with van der Waals surface area (Å²) in [5, 5.41) is 17.7. The van der Waals surface area contributed by atoms with Crippen LogP contribution in [0.1, 0.15) is 55.9 Å². The van der Waals surface area contributed by atoms with Crippen LogP contribution >= 0.6 is 35.3 Å². The molecule has 2 N–H and O–H groups in total. The summed E-state index contributed by atoms with van der Waals surface area (Å²) in [6, 6.07) is 14.3. The van der Waals surface area contributed by atoms with Crippen LogP contribution in [0.5, 0.6) is 0 Å². The van der Waals surface area contributed by atoms with Crippen LogP contribution < -0.4 is 0 Å². The first kappa shape index (κ1) is 26.6. The van der Waals surface area contributed by atoms with Gasteiger partial charge in [0.15, 0.2) is 0 Å². The highest BCUT2D eigenvalue weighted by Gasteiger charge is 2.22. The molecule has 0 aliphatic rings. The fraction of sp³-hybridized carbons (Fsp3) is 0.458. The second-order valence-electron chi connectivity index (χ2n) is 7.31. The largest absolute Gasteiger partial charge is 0.481 e. The third-order valence-electron chi connectivity index (χ3n) is 4.68. The number of carbonyl (C=O) groups is 2. The standard InChI is InChI=1S/C24H31NO4S3/c26-22(27)17-21(32-18-23(28)29)24-20(13-10-14-25-24)31-16-9-4-2-1-3-8-15-30-19-11-6-5-7-12-19/h5-7,10-14,21H,1-4,8-9,15-18H2,(H,26,27)(H,28,29). The maximum atomic E-state index is 11.2. The third kappa shape index (κ3) is 11.3. The van der Waals surface area contributed by atoms with Gasteiger partial charge in [-0.15, -0.1) is 35.3 Å². The number of rotatable bonds is 17. The van der Waals surface area contributed by atoms with Crippen molar-refractivity contribution in [1.82, 2.24) is 4.98 Å². The van der Waals surface area contributed by atoms with Gasteiger partial charge in [0.2, 0.25) is 0 Å². The average Bonchev–Trinajstić information content (AvgIpc) is 2.78. The molecule has 0 aliphatic heterocycles. The van der Waals surface area contributed by atoms with E-state index in [0.29, 0.717) is 5.69 Å². The maximum absolute atomic E-state index is 11.2. The molecule has 0 spiro atoms. The van der Waals surface area contributed by atoms with E-state index in [1.165, 1.54) is 42.8 Å². The van der Waals surface area contributed by atoms with E-state index in [2.05, 4.69) is 29.2 Å². The summed E-state index contributed by atoms with van der Waals surface area (Å²) in [5.74, 6) is 0.0843. The maximum Gasteiger partial charge on any atom is 0.313 e. The second-order valence-corrected chi connectivity index (χ2v) is 10.8. The fourth-order valence-corrected chi connectivity index (χ4v) is 6.18. The Kier molecular flexibility index (Phi) is 13.3. The number of nitrogens with zero attached hydrogens (tertiary/aromatic N) is 1. The van der Waals surface area contributed by atoms with Crippen LogP contribution in [0.2, 0.25) is 0 Å². The number of carboxylic acids is 2.